The highest BCUT2D eigenvalue weighted by Crippen LogP contribution is 2.09. The molecule has 0 spiro atoms. The van der Waals surface area contributed by atoms with Crippen LogP contribution in [0.5, 0.6) is 0 Å². The van der Waals surface area contributed by atoms with Crippen molar-refractivity contribution in [2.24, 2.45) is 0 Å². The lowest BCUT2D eigenvalue weighted by Crippen LogP contribution is -2.23. The maximum absolute atomic E-state index is 11.4. The molecular formula is C10H15N5O2S. The van der Waals surface area contributed by atoms with Crippen molar-refractivity contribution < 1.29 is 4.21 Å². The van der Waals surface area contributed by atoms with E-state index >= 15 is 0 Å². The number of aromatic nitrogens is 4. The molecule has 18 heavy (non-hydrogen) atoms. The number of fused-ring (bicyclic) bond motifs is 1. The second-order valence-electron chi connectivity index (χ2n) is 4.20. The van der Waals surface area contributed by atoms with E-state index in [-0.39, 0.29) is 11.7 Å². The molecular weight excluding hydrogens is 254 g/mol. The molecule has 0 amide bonds. The number of aryl methyl sites for hydroxylation is 1. The predicted molar refractivity (Wildman–Crippen MR) is 70.4 cm³/mol. The molecule has 0 radical (unpaired) electrons. The molecule has 0 aromatic carbocycles. The normalized spacial score (nSPS) is 14.6. The smallest absolute Gasteiger partial charge is 0.349 e. The average Bonchev–Trinajstić information content (AvgIpc) is 2.58. The van der Waals surface area contributed by atoms with Crippen molar-refractivity contribution in [2.75, 3.05) is 17.3 Å². The van der Waals surface area contributed by atoms with Crippen LogP contribution >= 0.6 is 0 Å². The third kappa shape index (κ3) is 2.58. The topological polar surface area (TPSA) is 92.2 Å². The van der Waals surface area contributed by atoms with E-state index in [1.54, 1.807) is 19.2 Å². The van der Waals surface area contributed by atoms with Gasteiger partial charge in [-0.3, -0.25) is 4.21 Å². The van der Waals surface area contributed by atoms with Crippen LogP contribution in [-0.2, 0) is 10.8 Å². The van der Waals surface area contributed by atoms with Crippen LogP contribution in [0, 0.1) is 6.92 Å². The predicted octanol–water partition coefficient (Wildman–Crippen LogP) is -0.0951. The number of hydrogen-bond donors (Lipinski definition) is 2. The first-order valence-corrected chi connectivity index (χ1v) is 7.21. The van der Waals surface area contributed by atoms with Crippen LogP contribution in [0.15, 0.2) is 10.9 Å². The Labute approximate surface area is 106 Å². The van der Waals surface area contributed by atoms with Crippen LogP contribution in [-0.4, -0.2) is 41.8 Å². The quantitative estimate of drug-likeness (QED) is 0.809. The second-order valence-corrected chi connectivity index (χ2v) is 5.68. The Morgan fingerprint density at radius 3 is 3.00 bits per heavy atom. The zero-order chi connectivity index (χ0) is 13.3. The second kappa shape index (κ2) is 4.89. The molecule has 2 unspecified atom stereocenters. The van der Waals surface area contributed by atoms with Gasteiger partial charge in [-0.2, -0.15) is 5.10 Å². The van der Waals surface area contributed by atoms with E-state index in [9.17, 15) is 9.00 Å². The fourth-order valence-corrected chi connectivity index (χ4v) is 2.61. The molecule has 0 bridgehead atoms. The van der Waals surface area contributed by atoms with Gasteiger partial charge in [0.15, 0.2) is 5.65 Å². The lowest BCUT2D eigenvalue weighted by Gasteiger charge is -2.13. The number of nitrogens with one attached hydrogen (secondary N) is 2. The van der Waals surface area contributed by atoms with Gasteiger partial charge in [0.1, 0.15) is 11.6 Å². The van der Waals surface area contributed by atoms with Gasteiger partial charge in [0.05, 0.1) is 0 Å². The number of rotatable bonds is 4. The van der Waals surface area contributed by atoms with Crippen LogP contribution in [0.2, 0.25) is 0 Å². The summed E-state index contributed by atoms with van der Waals surface area (Å²) >= 11 is 0. The van der Waals surface area contributed by atoms with Gasteiger partial charge in [0.25, 0.3) is 0 Å². The summed E-state index contributed by atoms with van der Waals surface area (Å²) in [6.07, 6.45) is 1.66. The molecule has 0 aliphatic rings. The fourth-order valence-electron chi connectivity index (χ4n) is 1.82. The Bertz CT molecular complexity index is 647. The van der Waals surface area contributed by atoms with Crippen LogP contribution < -0.4 is 11.0 Å². The maximum atomic E-state index is 11.4. The molecule has 0 aliphatic heterocycles. The molecule has 2 heterocycles. The number of aromatic amines is 1. The number of H-pyrrole nitrogens is 1. The van der Waals surface area contributed by atoms with Gasteiger partial charge in [0.2, 0.25) is 0 Å². The zero-order valence-corrected chi connectivity index (χ0v) is 11.2. The van der Waals surface area contributed by atoms with Crippen molar-refractivity contribution in [3.8, 4) is 0 Å². The Morgan fingerprint density at radius 2 is 2.33 bits per heavy atom. The van der Waals surface area contributed by atoms with Crippen molar-refractivity contribution in [3.05, 3.63) is 22.4 Å². The summed E-state index contributed by atoms with van der Waals surface area (Å²) in [4.78, 5) is 15.7. The van der Waals surface area contributed by atoms with E-state index in [1.165, 1.54) is 4.40 Å². The van der Waals surface area contributed by atoms with Crippen molar-refractivity contribution in [3.63, 3.8) is 0 Å². The van der Waals surface area contributed by atoms with E-state index in [0.717, 1.165) is 0 Å². The third-order valence-electron chi connectivity index (χ3n) is 2.45. The molecule has 0 fully saturated rings. The van der Waals surface area contributed by atoms with Crippen LogP contribution in [0.1, 0.15) is 12.7 Å². The highest BCUT2D eigenvalue weighted by atomic mass is 32.2. The first-order valence-electron chi connectivity index (χ1n) is 5.48. The van der Waals surface area contributed by atoms with Gasteiger partial charge in [-0.25, -0.2) is 19.3 Å². The molecule has 0 saturated heterocycles. The minimum atomic E-state index is -0.865. The van der Waals surface area contributed by atoms with E-state index in [0.29, 0.717) is 23.0 Å². The molecule has 8 heteroatoms. The molecule has 2 N–H and O–H groups in total. The van der Waals surface area contributed by atoms with Gasteiger partial charge >= 0.3 is 5.69 Å². The average molecular weight is 269 g/mol. The summed E-state index contributed by atoms with van der Waals surface area (Å²) < 4.78 is 12.5. The molecule has 7 nitrogen and oxygen atoms in total. The molecule has 2 aromatic heterocycles. The lowest BCUT2D eigenvalue weighted by molar-refractivity contribution is 0.683. The molecule has 98 valence electrons. The molecule has 2 atom stereocenters. The van der Waals surface area contributed by atoms with Gasteiger partial charge in [-0.05, 0) is 13.8 Å². The van der Waals surface area contributed by atoms with Gasteiger partial charge in [0, 0.05) is 34.9 Å². The Hall–Kier alpha value is -1.70. The molecule has 2 aromatic rings. The first kappa shape index (κ1) is 12.7. The van der Waals surface area contributed by atoms with Crippen LogP contribution in [0.3, 0.4) is 0 Å². The molecule has 0 aliphatic carbocycles. The summed E-state index contributed by atoms with van der Waals surface area (Å²) in [5.41, 5.74) is 0.212. The van der Waals surface area contributed by atoms with E-state index in [1.807, 2.05) is 6.92 Å². The van der Waals surface area contributed by atoms with Crippen LogP contribution in [0.4, 0.5) is 5.82 Å². The standard InChI is InChI=1S/C10H15N5O2S/c1-6(5-18(3)17)11-8-4-9-13-14-10(16)15(9)7(2)12-8/h4,6,11H,5H2,1-3H3,(H,14,16). The largest absolute Gasteiger partial charge is 0.367 e. The zero-order valence-electron chi connectivity index (χ0n) is 10.4. The van der Waals surface area contributed by atoms with Crippen molar-refractivity contribution in [2.45, 2.75) is 19.9 Å². The van der Waals surface area contributed by atoms with Gasteiger partial charge in [-0.1, -0.05) is 0 Å². The number of nitrogens with zero attached hydrogens (tertiary/aromatic N) is 3. The first-order chi connectivity index (χ1) is 8.47. The minimum Gasteiger partial charge on any atom is -0.367 e. The molecule has 0 saturated carbocycles. The fraction of sp³-hybridized carbons (Fsp3) is 0.500. The van der Waals surface area contributed by atoms with E-state index in [2.05, 4.69) is 20.5 Å². The van der Waals surface area contributed by atoms with Crippen molar-refractivity contribution in [1.29, 1.82) is 0 Å². The third-order valence-corrected chi connectivity index (χ3v) is 3.42. The molecule has 2 rings (SSSR count). The van der Waals surface area contributed by atoms with Crippen molar-refractivity contribution in [1.82, 2.24) is 19.6 Å². The monoisotopic (exact) mass is 269 g/mol. The summed E-state index contributed by atoms with van der Waals surface area (Å²) in [7, 11) is -0.865. The number of anilines is 1. The minimum absolute atomic E-state index is 0.0378. The van der Waals surface area contributed by atoms with E-state index in [4.69, 9.17) is 0 Å². The van der Waals surface area contributed by atoms with Crippen molar-refractivity contribution >= 4 is 22.3 Å². The SMILES string of the molecule is Cc1nc(NC(C)CS(C)=O)cc2n[nH]c(=O)n12. The van der Waals surface area contributed by atoms with E-state index < -0.39 is 10.8 Å². The maximum Gasteiger partial charge on any atom is 0.349 e. The Kier molecular flexibility index (Phi) is 3.46. The Morgan fingerprint density at radius 1 is 1.61 bits per heavy atom. The van der Waals surface area contributed by atoms with Gasteiger partial charge in [-0.15, -0.1) is 0 Å². The summed E-state index contributed by atoms with van der Waals surface area (Å²) in [5, 5.41) is 9.41. The summed E-state index contributed by atoms with van der Waals surface area (Å²) in [6.45, 7) is 3.66. The Balaban J connectivity index is 2.30. The summed E-state index contributed by atoms with van der Waals surface area (Å²) in [5.74, 6) is 1.72. The van der Waals surface area contributed by atoms with Crippen LogP contribution in [0.25, 0.3) is 5.65 Å². The van der Waals surface area contributed by atoms with Gasteiger partial charge < -0.3 is 5.32 Å². The summed E-state index contributed by atoms with van der Waals surface area (Å²) in [6, 6.07) is 1.72. The highest BCUT2D eigenvalue weighted by molar-refractivity contribution is 7.84. The highest BCUT2D eigenvalue weighted by Gasteiger charge is 2.09. The number of hydrogen-bond acceptors (Lipinski definition) is 5. The lowest BCUT2D eigenvalue weighted by atomic mass is 10.4.